The molecule has 1 fully saturated rings. The fraction of sp³-hybridized carbons (Fsp3) is 0.500. The lowest BCUT2D eigenvalue weighted by atomic mass is 9.98. The highest BCUT2D eigenvalue weighted by Crippen LogP contribution is 2.49. The highest BCUT2D eigenvalue weighted by atomic mass is 16.4. The zero-order chi connectivity index (χ0) is 15.1. The van der Waals surface area contributed by atoms with E-state index in [1.54, 1.807) is 31.0 Å². The molecule has 0 aliphatic heterocycles. The van der Waals surface area contributed by atoms with Gasteiger partial charge in [-0.15, -0.1) is 0 Å². The van der Waals surface area contributed by atoms with E-state index in [0.717, 1.165) is 18.4 Å². The average molecular weight is 275 g/mol. The Hall–Kier alpha value is -1.84. The minimum Gasteiger partial charge on any atom is -0.478 e. The van der Waals surface area contributed by atoms with Crippen molar-refractivity contribution in [3.63, 3.8) is 0 Å². The van der Waals surface area contributed by atoms with Crippen LogP contribution < -0.4 is 0 Å². The fourth-order valence-electron chi connectivity index (χ4n) is 2.49. The smallest absolute Gasteiger partial charge is 0.335 e. The summed E-state index contributed by atoms with van der Waals surface area (Å²) >= 11 is 0. The van der Waals surface area contributed by atoms with E-state index in [4.69, 9.17) is 5.11 Å². The van der Waals surface area contributed by atoms with Crippen molar-refractivity contribution in [2.24, 2.45) is 5.41 Å². The second-order valence-electron chi connectivity index (χ2n) is 6.14. The molecule has 1 aromatic carbocycles. The molecule has 0 radical (unpaired) electrons. The summed E-state index contributed by atoms with van der Waals surface area (Å²) in [7, 11) is 1.79. The van der Waals surface area contributed by atoms with E-state index < -0.39 is 5.97 Å². The molecule has 1 saturated carbocycles. The van der Waals surface area contributed by atoms with Gasteiger partial charge in [0.2, 0.25) is 0 Å². The maximum absolute atomic E-state index is 12.5. The van der Waals surface area contributed by atoms with Gasteiger partial charge in [0, 0.05) is 18.7 Å². The number of hydrogen-bond acceptors (Lipinski definition) is 2. The standard InChI is InChI=1S/C16H21NO3/c1-10-7-12(9-13(8-10)15(19)20)14(18)17(4)11(2)16(3)5-6-16/h7-9,11H,5-6H2,1-4H3,(H,19,20). The van der Waals surface area contributed by atoms with Crippen LogP contribution in [0.2, 0.25) is 0 Å². The molecular weight excluding hydrogens is 254 g/mol. The van der Waals surface area contributed by atoms with Crippen LogP contribution in [-0.4, -0.2) is 35.0 Å². The monoisotopic (exact) mass is 275 g/mol. The molecule has 0 spiro atoms. The summed E-state index contributed by atoms with van der Waals surface area (Å²) in [4.78, 5) is 25.3. The molecule has 1 aromatic rings. The van der Waals surface area contributed by atoms with Gasteiger partial charge in [0.25, 0.3) is 5.91 Å². The molecule has 4 nitrogen and oxygen atoms in total. The molecule has 4 heteroatoms. The Bertz CT molecular complexity index is 561. The molecule has 0 bridgehead atoms. The lowest BCUT2D eigenvalue weighted by Crippen LogP contribution is -2.40. The maximum Gasteiger partial charge on any atom is 0.335 e. The SMILES string of the molecule is Cc1cc(C(=O)O)cc(C(=O)N(C)C(C)C2(C)CC2)c1. The average Bonchev–Trinajstić information content (AvgIpc) is 3.14. The molecule has 0 saturated heterocycles. The lowest BCUT2D eigenvalue weighted by molar-refractivity contribution is 0.0684. The van der Waals surface area contributed by atoms with Crippen LogP contribution in [0.15, 0.2) is 18.2 Å². The third-order valence-corrected chi connectivity index (χ3v) is 4.52. The van der Waals surface area contributed by atoms with E-state index in [0.29, 0.717) is 5.56 Å². The summed E-state index contributed by atoms with van der Waals surface area (Å²) in [6.07, 6.45) is 2.28. The number of carboxylic acid groups (broad SMARTS) is 1. The van der Waals surface area contributed by atoms with Crippen molar-refractivity contribution < 1.29 is 14.7 Å². The molecule has 2 rings (SSSR count). The number of hydrogen-bond donors (Lipinski definition) is 1. The van der Waals surface area contributed by atoms with Crippen LogP contribution in [0.25, 0.3) is 0 Å². The van der Waals surface area contributed by atoms with Gasteiger partial charge in [-0.1, -0.05) is 6.92 Å². The van der Waals surface area contributed by atoms with Crippen LogP contribution in [0.3, 0.4) is 0 Å². The highest BCUT2D eigenvalue weighted by molar-refractivity contribution is 5.97. The molecule has 1 aliphatic rings. The minimum absolute atomic E-state index is 0.114. The summed E-state index contributed by atoms with van der Waals surface area (Å²) in [6.45, 7) is 6.04. The van der Waals surface area contributed by atoms with E-state index >= 15 is 0 Å². The predicted octanol–water partition coefficient (Wildman–Crippen LogP) is 2.95. The lowest BCUT2D eigenvalue weighted by Gasteiger charge is -2.30. The first-order valence-electron chi connectivity index (χ1n) is 6.87. The Labute approximate surface area is 119 Å². The van der Waals surface area contributed by atoms with Crippen LogP contribution in [0.5, 0.6) is 0 Å². The first kappa shape index (κ1) is 14.6. The second-order valence-corrected chi connectivity index (χ2v) is 6.14. The van der Waals surface area contributed by atoms with Gasteiger partial charge < -0.3 is 10.0 Å². The molecular formula is C16H21NO3. The molecule has 20 heavy (non-hydrogen) atoms. The third-order valence-electron chi connectivity index (χ3n) is 4.52. The van der Waals surface area contributed by atoms with Gasteiger partial charge in [-0.3, -0.25) is 4.79 Å². The van der Waals surface area contributed by atoms with Gasteiger partial charge in [0.1, 0.15) is 0 Å². The van der Waals surface area contributed by atoms with Gasteiger partial charge in [-0.2, -0.15) is 0 Å². The Balaban J connectivity index is 2.26. The Kier molecular flexibility index (Phi) is 3.59. The van der Waals surface area contributed by atoms with Crippen molar-refractivity contribution in [1.82, 2.24) is 4.90 Å². The van der Waals surface area contributed by atoms with Crippen LogP contribution in [0.4, 0.5) is 0 Å². The van der Waals surface area contributed by atoms with Crippen molar-refractivity contribution >= 4 is 11.9 Å². The molecule has 0 aromatic heterocycles. The van der Waals surface area contributed by atoms with Crippen molar-refractivity contribution in [3.8, 4) is 0 Å². The van der Waals surface area contributed by atoms with Gasteiger partial charge in [-0.05, 0) is 55.9 Å². The van der Waals surface area contributed by atoms with E-state index in [-0.39, 0.29) is 22.9 Å². The van der Waals surface area contributed by atoms with Crippen LogP contribution in [-0.2, 0) is 0 Å². The second kappa shape index (κ2) is 4.93. The number of carbonyl (C=O) groups excluding carboxylic acids is 1. The van der Waals surface area contributed by atoms with E-state index in [1.807, 2.05) is 0 Å². The summed E-state index contributed by atoms with van der Waals surface area (Å²) in [5, 5.41) is 9.08. The van der Waals surface area contributed by atoms with Crippen molar-refractivity contribution in [3.05, 3.63) is 34.9 Å². The van der Waals surface area contributed by atoms with E-state index in [2.05, 4.69) is 13.8 Å². The maximum atomic E-state index is 12.5. The summed E-state index contributed by atoms with van der Waals surface area (Å²) in [5.41, 5.74) is 1.60. The molecule has 1 amide bonds. The van der Waals surface area contributed by atoms with Crippen molar-refractivity contribution in [2.45, 2.75) is 39.7 Å². The number of rotatable bonds is 4. The topological polar surface area (TPSA) is 57.6 Å². The third kappa shape index (κ3) is 2.69. The molecule has 108 valence electrons. The number of aryl methyl sites for hydroxylation is 1. The largest absolute Gasteiger partial charge is 0.478 e. The number of carbonyl (C=O) groups is 2. The Morgan fingerprint density at radius 2 is 1.80 bits per heavy atom. The number of carboxylic acids is 1. The van der Waals surface area contributed by atoms with Gasteiger partial charge in [0.05, 0.1) is 5.56 Å². The highest BCUT2D eigenvalue weighted by Gasteiger charge is 2.45. The Morgan fingerprint density at radius 3 is 2.30 bits per heavy atom. The fourth-order valence-corrected chi connectivity index (χ4v) is 2.49. The quantitative estimate of drug-likeness (QED) is 0.919. The summed E-state index contributed by atoms with van der Waals surface area (Å²) < 4.78 is 0. The van der Waals surface area contributed by atoms with Crippen LogP contribution in [0, 0.1) is 12.3 Å². The number of nitrogens with zero attached hydrogens (tertiary/aromatic N) is 1. The number of aromatic carboxylic acids is 1. The molecule has 1 unspecified atom stereocenters. The van der Waals surface area contributed by atoms with Gasteiger partial charge in [-0.25, -0.2) is 4.79 Å². The Morgan fingerprint density at radius 1 is 1.25 bits per heavy atom. The molecule has 0 heterocycles. The van der Waals surface area contributed by atoms with Crippen LogP contribution in [0.1, 0.15) is 53.0 Å². The first-order valence-corrected chi connectivity index (χ1v) is 6.87. The first-order chi connectivity index (χ1) is 9.24. The number of amides is 1. The van der Waals surface area contributed by atoms with E-state index in [1.165, 1.54) is 6.07 Å². The predicted molar refractivity (Wildman–Crippen MR) is 77.0 cm³/mol. The summed E-state index contributed by atoms with van der Waals surface area (Å²) in [5.74, 6) is -1.12. The van der Waals surface area contributed by atoms with Gasteiger partial charge in [0.15, 0.2) is 0 Å². The van der Waals surface area contributed by atoms with Crippen molar-refractivity contribution in [1.29, 1.82) is 0 Å². The molecule has 1 N–H and O–H groups in total. The normalized spacial score (nSPS) is 17.4. The van der Waals surface area contributed by atoms with Crippen molar-refractivity contribution in [2.75, 3.05) is 7.05 Å². The zero-order valence-corrected chi connectivity index (χ0v) is 12.4. The zero-order valence-electron chi connectivity index (χ0n) is 12.4. The van der Waals surface area contributed by atoms with Gasteiger partial charge >= 0.3 is 5.97 Å². The summed E-state index contributed by atoms with van der Waals surface area (Å²) in [6, 6.07) is 4.93. The van der Waals surface area contributed by atoms with Crippen LogP contribution >= 0.6 is 0 Å². The minimum atomic E-state index is -1.01. The number of benzene rings is 1. The molecule has 1 atom stereocenters. The molecule has 1 aliphatic carbocycles. The van der Waals surface area contributed by atoms with E-state index in [9.17, 15) is 9.59 Å².